The van der Waals surface area contributed by atoms with Crippen LogP contribution in [-0.4, -0.2) is 6.85 Å². The molecule has 0 fully saturated rings. The van der Waals surface area contributed by atoms with E-state index in [1.54, 1.807) is 0 Å². The number of benzene rings is 8. The molecule has 0 atom stereocenters. The summed E-state index contributed by atoms with van der Waals surface area (Å²) in [6.45, 7) is 9.11. The van der Waals surface area contributed by atoms with Crippen molar-refractivity contribution in [3.63, 3.8) is 0 Å². The van der Waals surface area contributed by atoms with Gasteiger partial charge in [-0.2, -0.15) is 0 Å². The monoisotopic (exact) mass is 854 g/mol. The third-order valence-corrected chi connectivity index (χ3v) is 15.0. The maximum absolute atomic E-state index is 7.46. The second kappa shape index (κ2) is 14.9. The SMILES string of the molecule is CCCCc1ccc(N2B3c4oc5ccc(-c6ccccc6)cc5c4N(c4ccc(CCCC)cc4)c4c3c(cc3c4C(C)(C)c4ccccc4-3)-c3cc4c(cc32)oc2ccccc24)cc1. The van der Waals surface area contributed by atoms with Gasteiger partial charge >= 0.3 is 6.85 Å². The van der Waals surface area contributed by atoms with Gasteiger partial charge in [0.15, 0.2) is 0 Å². The first-order valence-corrected chi connectivity index (χ1v) is 24.1. The molecular formula is C61H51BN2O2. The van der Waals surface area contributed by atoms with Crippen LogP contribution >= 0.6 is 0 Å². The molecule has 5 heteroatoms. The Morgan fingerprint density at radius 2 is 1.18 bits per heavy atom. The molecular weight excluding hydrogens is 803 g/mol. The van der Waals surface area contributed by atoms with E-state index in [0.717, 1.165) is 74.2 Å². The molecule has 1 aliphatic carbocycles. The number of rotatable bonds is 9. The molecule has 0 amide bonds. The molecule has 8 aromatic carbocycles. The fourth-order valence-corrected chi connectivity index (χ4v) is 11.7. The maximum Gasteiger partial charge on any atom is 0.375 e. The van der Waals surface area contributed by atoms with Gasteiger partial charge in [-0.3, -0.25) is 0 Å². The highest BCUT2D eigenvalue weighted by atomic mass is 16.3. The molecule has 0 radical (unpaired) electrons. The first-order valence-electron chi connectivity index (χ1n) is 24.1. The lowest BCUT2D eigenvalue weighted by Crippen LogP contribution is -2.61. The van der Waals surface area contributed by atoms with Crippen molar-refractivity contribution in [2.75, 3.05) is 9.71 Å². The smallest absolute Gasteiger partial charge is 0.375 e. The van der Waals surface area contributed by atoms with Crippen LogP contribution in [0.15, 0.2) is 173 Å². The highest BCUT2D eigenvalue weighted by Gasteiger charge is 2.52. The van der Waals surface area contributed by atoms with Gasteiger partial charge in [0.1, 0.15) is 22.4 Å². The van der Waals surface area contributed by atoms with Crippen molar-refractivity contribution in [3.05, 3.63) is 186 Å². The first kappa shape index (κ1) is 39.2. The van der Waals surface area contributed by atoms with Gasteiger partial charge in [0.25, 0.3) is 0 Å². The molecule has 4 nitrogen and oxygen atoms in total. The number of hydrogen-bond donors (Lipinski definition) is 0. The molecule has 0 N–H and O–H groups in total. The molecule has 10 aromatic rings. The summed E-state index contributed by atoms with van der Waals surface area (Å²) in [5, 5.41) is 3.36. The lowest BCUT2D eigenvalue weighted by atomic mass is 9.45. The Balaban J connectivity index is 1.18. The second-order valence-electron chi connectivity index (χ2n) is 19.3. The second-order valence-corrected chi connectivity index (χ2v) is 19.3. The summed E-state index contributed by atoms with van der Waals surface area (Å²) in [4.78, 5) is 5.17. The van der Waals surface area contributed by atoms with E-state index < -0.39 is 0 Å². The minimum Gasteiger partial charge on any atom is -0.466 e. The Labute approximate surface area is 387 Å². The minimum absolute atomic E-state index is 0.293. The largest absolute Gasteiger partial charge is 0.466 e. The van der Waals surface area contributed by atoms with Gasteiger partial charge < -0.3 is 18.5 Å². The van der Waals surface area contributed by atoms with E-state index in [0.29, 0.717) is 0 Å². The number of hydrogen-bond acceptors (Lipinski definition) is 4. The number of nitrogens with zero attached hydrogens (tertiary/aromatic N) is 2. The van der Waals surface area contributed by atoms with Crippen LogP contribution in [0.2, 0.25) is 0 Å². The van der Waals surface area contributed by atoms with Crippen molar-refractivity contribution in [1.29, 1.82) is 0 Å². The van der Waals surface area contributed by atoms with Crippen molar-refractivity contribution < 1.29 is 8.83 Å². The van der Waals surface area contributed by atoms with Crippen LogP contribution in [0.5, 0.6) is 0 Å². The summed E-state index contributed by atoms with van der Waals surface area (Å²) in [5.41, 5.74) is 23.1. The van der Waals surface area contributed by atoms with Crippen molar-refractivity contribution in [3.8, 4) is 33.4 Å². The summed E-state index contributed by atoms with van der Waals surface area (Å²) in [5.74, 6) is 0. The Morgan fingerprint density at radius 1 is 0.500 bits per heavy atom. The predicted molar refractivity (Wildman–Crippen MR) is 277 cm³/mol. The topological polar surface area (TPSA) is 32.8 Å². The van der Waals surface area contributed by atoms with Gasteiger partial charge in [-0.1, -0.05) is 144 Å². The van der Waals surface area contributed by atoms with E-state index in [1.807, 2.05) is 0 Å². The Bertz CT molecular complexity index is 3540. The van der Waals surface area contributed by atoms with Gasteiger partial charge in [0, 0.05) is 56.0 Å². The van der Waals surface area contributed by atoms with Gasteiger partial charge in [0.2, 0.25) is 0 Å². The third-order valence-electron chi connectivity index (χ3n) is 15.0. The number of aryl methyl sites for hydroxylation is 2. The number of furan rings is 2. The summed E-state index contributed by atoms with van der Waals surface area (Å²) in [7, 11) is 0. The molecule has 0 bridgehead atoms. The van der Waals surface area contributed by atoms with Crippen molar-refractivity contribution >= 4 is 79.3 Å². The highest BCUT2D eigenvalue weighted by molar-refractivity contribution is 6.93. The summed E-state index contributed by atoms with van der Waals surface area (Å²) in [6, 6.07) is 61.1. The van der Waals surface area contributed by atoms with E-state index in [-0.39, 0.29) is 12.3 Å². The molecule has 0 spiro atoms. The Kier molecular flexibility index (Phi) is 8.84. The van der Waals surface area contributed by atoms with Gasteiger partial charge in [-0.25, -0.2) is 0 Å². The fraction of sp³-hybridized carbons (Fsp3) is 0.180. The van der Waals surface area contributed by atoms with Crippen LogP contribution in [0.1, 0.15) is 75.6 Å². The lowest BCUT2D eigenvalue weighted by Gasteiger charge is -2.45. The summed E-state index contributed by atoms with van der Waals surface area (Å²) >= 11 is 0. The van der Waals surface area contributed by atoms with Crippen LogP contribution in [0.4, 0.5) is 28.4 Å². The Morgan fingerprint density at radius 3 is 1.94 bits per heavy atom. The third kappa shape index (κ3) is 5.71. The zero-order valence-electron chi connectivity index (χ0n) is 38.1. The molecule has 320 valence electrons. The van der Waals surface area contributed by atoms with E-state index in [1.165, 1.54) is 92.5 Å². The van der Waals surface area contributed by atoms with Crippen LogP contribution in [0, 0.1) is 0 Å². The molecule has 4 heterocycles. The zero-order chi connectivity index (χ0) is 44.3. The zero-order valence-corrected chi connectivity index (χ0v) is 38.1. The van der Waals surface area contributed by atoms with Crippen molar-refractivity contribution in [2.45, 2.75) is 71.6 Å². The van der Waals surface area contributed by atoms with Crippen LogP contribution in [0.3, 0.4) is 0 Å². The fourth-order valence-electron chi connectivity index (χ4n) is 11.7. The van der Waals surface area contributed by atoms with Crippen LogP contribution in [-0.2, 0) is 18.3 Å². The normalized spacial score (nSPS) is 14.2. The predicted octanol–water partition coefficient (Wildman–Crippen LogP) is 15.7. The van der Waals surface area contributed by atoms with Crippen molar-refractivity contribution in [2.24, 2.45) is 0 Å². The molecule has 2 aliphatic heterocycles. The van der Waals surface area contributed by atoms with Crippen LogP contribution < -0.4 is 20.8 Å². The summed E-state index contributed by atoms with van der Waals surface area (Å²) < 4.78 is 14.2. The number of fused-ring (bicyclic) bond motifs is 13. The first-order chi connectivity index (χ1) is 32.4. The highest BCUT2D eigenvalue weighted by Crippen LogP contribution is 2.59. The molecule has 13 rings (SSSR count). The molecule has 2 aromatic heterocycles. The van der Waals surface area contributed by atoms with Crippen molar-refractivity contribution in [1.82, 2.24) is 0 Å². The van der Waals surface area contributed by atoms with Gasteiger partial charge in [0.05, 0.1) is 5.69 Å². The quantitative estimate of drug-likeness (QED) is 0.135. The number of unbranched alkanes of at least 4 members (excludes halogenated alkanes) is 2. The van der Waals surface area contributed by atoms with E-state index >= 15 is 0 Å². The van der Waals surface area contributed by atoms with E-state index in [4.69, 9.17) is 8.83 Å². The molecule has 3 aliphatic rings. The van der Waals surface area contributed by atoms with E-state index in [2.05, 4.69) is 201 Å². The average Bonchev–Trinajstić information content (AvgIpc) is 3.99. The molecule has 0 unspecified atom stereocenters. The van der Waals surface area contributed by atoms with Gasteiger partial charge in [-0.05, 0) is 136 Å². The lowest BCUT2D eigenvalue weighted by molar-refractivity contribution is 0.648. The maximum atomic E-state index is 7.46. The Hall–Kier alpha value is -7.24. The van der Waals surface area contributed by atoms with Crippen LogP contribution in [0.25, 0.3) is 66.3 Å². The number of para-hydroxylation sites is 1. The van der Waals surface area contributed by atoms with Gasteiger partial charge in [-0.15, -0.1) is 0 Å². The standard InChI is InChI=1S/C61H51BN2O2/c1-5-7-16-38-24-29-42(30-25-38)63-58-50-34-41(40-18-10-9-11-19-40)28-33-54(50)66-60(58)62-57-49(36-48-44-20-12-14-22-51(44)61(3,4)56(48)59(57)63)46-35-47-45-21-13-15-23-53(45)65-55(47)37-52(46)64(62)43-31-26-39(27-32-43)17-8-6-2/h9-15,18-37H,5-8,16-17H2,1-4H3. The number of anilines is 5. The average molecular weight is 855 g/mol. The molecule has 0 saturated carbocycles. The van der Waals surface area contributed by atoms with E-state index in [9.17, 15) is 0 Å². The molecule has 66 heavy (non-hydrogen) atoms. The molecule has 0 saturated heterocycles. The minimum atomic E-state index is -0.302. The summed E-state index contributed by atoms with van der Waals surface area (Å²) in [6.07, 6.45) is 6.80.